The van der Waals surface area contributed by atoms with Crippen molar-refractivity contribution < 1.29 is 4.39 Å². The molecule has 0 heterocycles. The molecule has 0 radical (unpaired) electrons. The Bertz CT molecular complexity index is 436. The van der Waals surface area contributed by atoms with E-state index in [1.165, 1.54) is 32.1 Å². The Labute approximate surface area is 128 Å². The van der Waals surface area contributed by atoms with Gasteiger partial charge in [0.1, 0.15) is 5.82 Å². The fraction of sp³-hybridized carbons (Fsp3) is 0.500. The quantitative estimate of drug-likeness (QED) is 0.620. The summed E-state index contributed by atoms with van der Waals surface area (Å²) in [4.78, 5) is 0. The van der Waals surface area contributed by atoms with Crippen molar-refractivity contribution in [2.45, 2.75) is 38.5 Å². The van der Waals surface area contributed by atoms with E-state index in [9.17, 15) is 4.39 Å². The van der Waals surface area contributed by atoms with Gasteiger partial charge >= 0.3 is 0 Å². The molecule has 0 atom stereocenters. The maximum absolute atomic E-state index is 13.4. The topological polar surface area (TPSA) is 0 Å². The van der Waals surface area contributed by atoms with Crippen LogP contribution in [0.4, 0.5) is 4.39 Å². The number of hydrogen-bond donors (Lipinski definition) is 0. The zero-order valence-corrected chi connectivity index (χ0v) is 13.3. The van der Waals surface area contributed by atoms with Gasteiger partial charge in [-0.3, -0.25) is 0 Å². The van der Waals surface area contributed by atoms with Gasteiger partial charge in [-0.25, -0.2) is 4.39 Å². The average Bonchev–Trinajstić information content (AvgIpc) is 2.42. The predicted octanol–water partition coefficient (Wildman–Crippen LogP) is 6.08. The molecule has 0 N–H and O–H groups in total. The van der Waals surface area contributed by atoms with Gasteiger partial charge in [-0.05, 0) is 84.0 Å². The first kappa shape index (κ1) is 15.1. The summed E-state index contributed by atoms with van der Waals surface area (Å²) in [7, 11) is 0. The monoisotopic (exact) mass is 344 g/mol. The molecule has 2 rings (SSSR count). The SMILES string of the molecule is Fc1cc(CCC2CCC(/C=C/Cl)CC2)ccc1Br. The van der Waals surface area contributed by atoms with Crippen LogP contribution in [0.25, 0.3) is 0 Å². The van der Waals surface area contributed by atoms with Crippen LogP contribution in [-0.4, -0.2) is 0 Å². The Morgan fingerprint density at radius 2 is 2.00 bits per heavy atom. The molecule has 0 amide bonds. The van der Waals surface area contributed by atoms with Gasteiger partial charge in [0.05, 0.1) is 4.47 Å². The lowest BCUT2D eigenvalue weighted by molar-refractivity contribution is 0.296. The summed E-state index contributed by atoms with van der Waals surface area (Å²) in [6.45, 7) is 0. The Morgan fingerprint density at radius 3 is 2.63 bits per heavy atom. The van der Waals surface area contributed by atoms with E-state index in [0.717, 1.165) is 17.9 Å². The second-order valence-electron chi connectivity index (χ2n) is 5.39. The standard InChI is InChI=1S/C16H19BrClF/c17-15-8-7-14(11-16(15)19)6-5-12-1-3-13(4-2-12)9-10-18/h7-13H,1-6H2/b10-9+. The number of benzene rings is 1. The van der Waals surface area contributed by atoms with Crippen molar-refractivity contribution in [1.82, 2.24) is 0 Å². The molecule has 104 valence electrons. The molecule has 0 saturated heterocycles. The van der Waals surface area contributed by atoms with E-state index in [-0.39, 0.29) is 5.82 Å². The summed E-state index contributed by atoms with van der Waals surface area (Å²) in [6, 6.07) is 5.45. The summed E-state index contributed by atoms with van der Waals surface area (Å²) in [6.07, 6.45) is 9.27. The lowest BCUT2D eigenvalue weighted by atomic mass is 9.79. The van der Waals surface area contributed by atoms with Gasteiger partial charge < -0.3 is 0 Å². The van der Waals surface area contributed by atoms with Gasteiger partial charge in [0.25, 0.3) is 0 Å². The van der Waals surface area contributed by atoms with Gasteiger partial charge in [0, 0.05) is 5.54 Å². The minimum atomic E-state index is -0.159. The highest BCUT2D eigenvalue weighted by atomic mass is 79.9. The maximum Gasteiger partial charge on any atom is 0.137 e. The predicted molar refractivity (Wildman–Crippen MR) is 82.9 cm³/mol. The molecule has 0 aliphatic heterocycles. The smallest absolute Gasteiger partial charge is 0.137 e. The number of halogens is 3. The molecule has 0 spiro atoms. The van der Waals surface area contributed by atoms with Crippen LogP contribution in [0.2, 0.25) is 0 Å². The van der Waals surface area contributed by atoms with E-state index in [1.54, 1.807) is 17.7 Å². The minimum absolute atomic E-state index is 0.159. The first-order chi connectivity index (χ1) is 9.19. The number of rotatable bonds is 4. The zero-order chi connectivity index (χ0) is 13.7. The molecule has 1 aliphatic rings. The summed E-state index contributed by atoms with van der Waals surface area (Å²) in [5.41, 5.74) is 2.75. The average molecular weight is 346 g/mol. The van der Waals surface area contributed by atoms with Gasteiger partial charge in [-0.2, -0.15) is 0 Å². The second-order valence-corrected chi connectivity index (χ2v) is 6.49. The third-order valence-electron chi connectivity index (χ3n) is 4.06. The fourth-order valence-corrected chi connectivity index (χ4v) is 3.29. The van der Waals surface area contributed by atoms with Crippen molar-refractivity contribution in [3.05, 3.63) is 45.7 Å². The molecular formula is C16H19BrClF. The number of hydrogen-bond acceptors (Lipinski definition) is 0. The molecule has 1 aliphatic carbocycles. The van der Waals surface area contributed by atoms with E-state index in [2.05, 4.69) is 22.0 Å². The van der Waals surface area contributed by atoms with E-state index in [4.69, 9.17) is 11.6 Å². The molecule has 0 nitrogen and oxygen atoms in total. The van der Waals surface area contributed by atoms with E-state index < -0.39 is 0 Å². The van der Waals surface area contributed by atoms with Crippen LogP contribution in [-0.2, 0) is 6.42 Å². The molecule has 1 aromatic rings. The first-order valence-electron chi connectivity index (χ1n) is 6.90. The van der Waals surface area contributed by atoms with Crippen molar-refractivity contribution in [3.8, 4) is 0 Å². The Morgan fingerprint density at radius 1 is 1.26 bits per heavy atom. The summed E-state index contributed by atoms with van der Waals surface area (Å²) in [5.74, 6) is 1.29. The van der Waals surface area contributed by atoms with Crippen LogP contribution in [0, 0.1) is 17.7 Å². The second kappa shape index (κ2) is 7.44. The van der Waals surface area contributed by atoms with Crippen molar-refractivity contribution in [2.75, 3.05) is 0 Å². The molecule has 0 bridgehead atoms. The van der Waals surface area contributed by atoms with Gasteiger partial charge in [0.2, 0.25) is 0 Å². The van der Waals surface area contributed by atoms with Crippen LogP contribution < -0.4 is 0 Å². The number of allylic oxidation sites excluding steroid dienone is 1. The molecule has 0 aromatic heterocycles. The Kier molecular flexibility index (Phi) is 5.90. The normalized spacial score (nSPS) is 23.9. The summed E-state index contributed by atoms with van der Waals surface area (Å²) in [5, 5.41) is 0. The zero-order valence-electron chi connectivity index (χ0n) is 10.9. The molecule has 0 unspecified atom stereocenters. The highest BCUT2D eigenvalue weighted by molar-refractivity contribution is 9.10. The molecule has 1 fully saturated rings. The maximum atomic E-state index is 13.4. The van der Waals surface area contributed by atoms with Gasteiger partial charge in [-0.1, -0.05) is 23.7 Å². The van der Waals surface area contributed by atoms with E-state index >= 15 is 0 Å². The molecule has 19 heavy (non-hydrogen) atoms. The van der Waals surface area contributed by atoms with Gasteiger partial charge in [0.15, 0.2) is 0 Å². The summed E-state index contributed by atoms with van der Waals surface area (Å²) < 4.78 is 14.0. The van der Waals surface area contributed by atoms with Crippen molar-refractivity contribution >= 4 is 27.5 Å². The third kappa shape index (κ3) is 4.61. The lowest BCUT2D eigenvalue weighted by Crippen LogP contribution is -2.13. The Hall–Kier alpha value is -0.340. The molecule has 1 aromatic carbocycles. The molecule has 1 saturated carbocycles. The Balaban J connectivity index is 1.78. The van der Waals surface area contributed by atoms with Gasteiger partial charge in [-0.15, -0.1) is 0 Å². The van der Waals surface area contributed by atoms with Crippen LogP contribution in [0.3, 0.4) is 0 Å². The van der Waals surface area contributed by atoms with Crippen LogP contribution in [0.5, 0.6) is 0 Å². The highest BCUT2D eigenvalue weighted by Crippen LogP contribution is 2.32. The van der Waals surface area contributed by atoms with Crippen molar-refractivity contribution in [2.24, 2.45) is 11.8 Å². The first-order valence-corrected chi connectivity index (χ1v) is 8.13. The van der Waals surface area contributed by atoms with E-state index in [0.29, 0.717) is 10.4 Å². The van der Waals surface area contributed by atoms with E-state index in [1.807, 2.05) is 6.07 Å². The number of aryl methyl sites for hydroxylation is 1. The molecular weight excluding hydrogens is 327 g/mol. The minimum Gasteiger partial charge on any atom is -0.206 e. The van der Waals surface area contributed by atoms with Crippen molar-refractivity contribution in [3.63, 3.8) is 0 Å². The van der Waals surface area contributed by atoms with Crippen LogP contribution >= 0.6 is 27.5 Å². The molecule has 3 heteroatoms. The fourth-order valence-electron chi connectivity index (χ4n) is 2.84. The lowest BCUT2D eigenvalue weighted by Gasteiger charge is -2.26. The highest BCUT2D eigenvalue weighted by Gasteiger charge is 2.19. The van der Waals surface area contributed by atoms with Crippen molar-refractivity contribution in [1.29, 1.82) is 0 Å². The van der Waals surface area contributed by atoms with Crippen LogP contribution in [0.15, 0.2) is 34.3 Å². The third-order valence-corrected chi connectivity index (χ3v) is 4.85. The summed E-state index contributed by atoms with van der Waals surface area (Å²) >= 11 is 8.81. The van der Waals surface area contributed by atoms with Crippen LogP contribution in [0.1, 0.15) is 37.7 Å². The largest absolute Gasteiger partial charge is 0.206 e.